The highest BCUT2D eigenvalue weighted by Gasteiger charge is 2.31. The van der Waals surface area contributed by atoms with Crippen LogP contribution in [0.4, 0.5) is 13.2 Å². The number of carboxylic acid groups (broad SMARTS) is 1. The van der Waals surface area contributed by atoms with Gasteiger partial charge in [0.25, 0.3) is 0 Å². The molecule has 1 fully saturated rings. The standard InChI is InChI=1S/C19H23F3N2O3.CH3NO/c20-19(21,22)27-17-9-3-6-14(11-17)5-1-2-8-16(12-23)24-10-4-7-15(13-24)18(25)26;2-1-3/h2-3,6,8-9,11-12,15H,1,4-5,7,10,13,23H2,(H,25,26);1H,(H2,2,3)/b8-2-,16-12+;. The molecular weight excluding hydrogens is 403 g/mol. The Hall–Kier alpha value is -3.17. The first-order valence-electron chi connectivity index (χ1n) is 9.26. The van der Waals surface area contributed by atoms with Crippen molar-refractivity contribution >= 4 is 12.4 Å². The molecular formula is C20H26F3N3O4. The van der Waals surface area contributed by atoms with Crippen LogP contribution in [0.2, 0.25) is 0 Å². The molecule has 0 bridgehead atoms. The first-order valence-corrected chi connectivity index (χ1v) is 9.26. The van der Waals surface area contributed by atoms with Crippen LogP contribution in [0, 0.1) is 5.92 Å². The highest BCUT2D eigenvalue weighted by molar-refractivity contribution is 5.70. The SMILES string of the molecule is N/C=C(\C=C/CCc1cccc(OC(F)(F)F)c1)N1CCCC(C(=O)O)C1.NC=O. The van der Waals surface area contributed by atoms with Crippen LogP contribution >= 0.6 is 0 Å². The molecule has 0 spiro atoms. The van der Waals surface area contributed by atoms with Crippen molar-refractivity contribution in [2.45, 2.75) is 32.0 Å². The van der Waals surface area contributed by atoms with Crippen LogP contribution in [0.25, 0.3) is 0 Å². The van der Waals surface area contributed by atoms with E-state index >= 15 is 0 Å². The molecule has 1 atom stereocenters. The number of ether oxygens (including phenoxy) is 1. The van der Waals surface area contributed by atoms with Gasteiger partial charge < -0.3 is 26.2 Å². The number of nitrogens with zero attached hydrogens (tertiary/aromatic N) is 1. The number of allylic oxidation sites excluding steroid dienone is 2. The van der Waals surface area contributed by atoms with E-state index in [1.165, 1.54) is 24.4 Å². The predicted molar refractivity (Wildman–Crippen MR) is 105 cm³/mol. The van der Waals surface area contributed by atoms with Crippen molar-refractivity contribution in [1.29, 1.82) is 0 Å². The second-order valence-electron chi connectivity index (χ2n) is 6.49. The van der Waals surface area contributed by atoms with E-state index in [1.54, 1.807) is 6.07 Å². The summed E-state index contributed by atoms with van der Waals surface area (Å²) >= 11 is 0. The highest BCUT2D eigenvalue weighted by Crippen LogP contribution is 2.24. The van der Waals surface area contributed by atoms with E-state index in [0.29, 0.717) is 25.8 Å². The quantitative estimate of drug-likeness (QED) is 0.453. The van der Waals surface area contributed by atoms with Gasteiger partial charge in [0, 0.05) is 19.3 Å². The lowest BCUT2D eigenvalue weighted by Gasteiger charge is -2.33. The maximum Gasteiger partial charge on any atom is 0.573 e. The second-order valence-corrected chi connectivity index (χ2v) is 6.49. The number of rotatable bonds is 7. The van der Waals surface area contributed by atoms with Crippen LogP contribution in [-0.2, 0) is 16.0 Å². The monoisotopic (exact) mass is 429 g/mol. The fraction of sp³-hybridized carbons (Fsp3) is 0.400. The van der Waals surface area contributed by atoms with Gasteiger partial charge in [-0.2, -0.15) is 0 Å². The van der Waals surface area contributed by atoms with Crippen LogP contribution in [0.1, 0.15) is 24.8 Å². The van der Waals surface area contributed by atoms with Gasteiger partial charge in [0.2, 0.25) is 6.41 Å². The van der Waals surface area contributed by atoms with Gasteiger partial charge in [0.15, 0.2) is 0 Å². The number of hydrogen-bond donors (Lipinski definition) is 3. The Morgan fingerprint density at radius 3 is 2.63 bits per heavy atom. The topological polar surface area (TPSA) is 119 Å². The number of alkyl halides is 3. The Morgan fingerprint density at radius 1 is 1.33 bits per heavy atom. The van der Waals surface area contributed by atoms with E-state index in [9.17, 15) is 18.0 Å². The third-order valence-electron chi connectivity index (χ3n) is 4.33. The number of likely N-dealkylation sites (tertiary alicyclic amines) is 1. The van der Waals surface area contributed by atoms with E-state index in [2.05, 4.69) is 10.5 Å². The minimum atomic E-state index is -4.71. The zero-order chi connectivity index (χ0) is 22.6. The summed E-state index contributed by atoms with van der Waals surface area (Å²) in [4.78, 5) is 21.7. The molecule has 5 N–H and O–H groups in total. The van der Waals surface area contributed by atoms with Gasteiger partial charge >= 0.3 is 12.3 Å². The van der Waals surface area contributed by atoms with Crippen LogP contribution in [0.3, 0.4) is 0 Å². The van der Waals surface area contributed by atoms with Gasteiger partial charge in [-0.15, -0.1) is 13.2 Å². The summed E-state index contributed by atoms with van der Waals surface area (Å²) < 4.78 is 40.7. The van der Waals surface area contributed by atoms with Crippen molar-refractivity contribution in [2.24, 2.45) is 17.4 Å². The molecule has 30 heavy (non-hydrogen) atoms. The Kier molecular flexibility index (Phi) is 10.3. The van der Waals surface area contributed by atoms with Crippen molar-refractivity contribution in [3.05, 3.63) is 53.9 Å². The number of nitrogens with two attached hydrogens (primary N) is 2. The number of primary amides is 1. The Bertz CT molecular complexity index is 751. The number of hydrogen-bond acceptors (Lipinski definition) is 5. The average Bonchev–Trinajstić information content (AvgIpc) is 2.68. The molecule has 1 aliphatic heterocycles. The molecule has 0 saturated carbocycles. The lowest BCUT2D eigenvalue weighted by Crippen LogP contribution is -2.38. The van der Waals surface area contributed by atoms with Crippen LogP contribution in [0.5, 0.6) is 5.75 Å². The number of halogens is 3. The lowest BCUT2D eigenvalue weighted by atomic mass is 9.98. The smallest absolute Gasteiger partial charge is 0.481 e. The molecule has 2 rings (SSSR count). The Balaban J connectivity index is 0.00000141. The number of carboxylic acids is 1. The zero-order valence-corrected chi connectivity index (χ0v) is 16.3. The molecule has 166 valence electrons. The van der Waals surface area contributed by atoms with Crippen molar-refractivity contribution in [1.82, 2.24) is 4.90 Å². The molecule has 7 nitrogen and oxygen atoms in total. The summed E-state index contributed by atoms with van der Waals surface area (Å²) in [7, 11) is 0. The third kappa shape index (κ3) is 9.35. The van der Waals surface area contributed by atoms with Crippen LogP contribution in [-0.4, -0.2) is 41.8 Å². The largest absolute Gasteiger partial charge is 0.573 e. The van der Waals surface area contributed by atoms with Gasteiger partial charge in [-0.1, -0.05) is 18.2 Å². The molecule has 1 saturated heterocycles. The minimum absolute atomic E-state index is 0.237. The molecule has 1 heterocycles. The van der Waals surface area contributed by atoms with Gasteiger partial charge in [-0.25, -0.2) is 0 Å². The normalized spacial score (nSPS) is 17.2. The van der Waals surface area contributed by atoms with Gasteiger partial charge in [-0.3, -0.25) is 9.59 Å². The van der Waals surface area contributed by atoms with Gasteiger partial charge in [0.05, 0.1) is 11.6 Å². The number of carbonyl (C=O) groups excluding carboxylic acids is 1. The number of benzene rings is 1. The molecule has 10 heteroatoms. The number of aryl methyl sites for hydroxylation is 1. The van der Waals surface area contributed by atoms with Crippen molar-refractivity contribution < 1.29 is 32.6 Å². The van der Waals surface area contributed by atoms with E-state index in [-0.39, 0.29) is 12.2 Å². The summed E-state index contributed by atoms with van der Waals surface area (Å²) in [6, 6.07) is 5.88. The fourth-order valence-corrected chi connectivity index (χ4v) is 3.03. The Morgan fingerprint density at radius 2 is 2.03 bits per heavy atom. The maximum absolute atomic E-state index is 12.3. The number of amides is 1. The van der Waals surface area contributed by atoms with Crippen molar-refractivity contribution in [3.63, 3.8) is 0 Å². The highest BCUT2D eigenvalue weighted by atomic mass is 19.4. The summed E-state index contributed by atoms with van der Waals surface area (Å²) in [6.07, 6.45) is 3.27. The molecule has 0 aromatic heterocycles. The maximum atomic E-state index is 12.3. The van der Waals surface area contributed by atoms with Crippen LogP contribution in [0.15, 0.2) is 48.3 Å². The lowest BCUT2D eigenvalue weighted by molar-refractivity contribution is -0.274. The van der Waals surface area contributed by atoms with Crippen molar-refractivity contribution in [3.8, 4) is 5.75 Å². The fourth-order valence-electron chi connectivity index (χ4n) is 3.03. The number of aliphatic carboxylic acids is 1. The third-order valence-corrected chi connectivity index (χ3v) is 4.33. The summed E-state index contributed by atoms with van der Waals surface area (Å²) in [6.45, 7) is 1.16. The van der Waals surface area contributed by atoms with E-state index in [1.807, 2.05) is 17.1 Å². The molecule has 1 aromatic carbocycles. The molecule has 0 aliphatic carbocycles. The molecule has 0 radical (unpaired) electrons. The minimum Gasteiger partial charge on any atom is -0.481 e. The number of carbonyl (C=O) groups is 2. The predicted octanol–water partition coefficient (Wildman–Crippen LogP) is 2.77. The van der Waals surface area contributed by atoms with Gasteiger partial charge in [-0.05, 0) is 49.5 Å². The summed E-state index contributed by atoms with van der Waals surface area (Å²) in [5.74, 6) is -1.45. The van der Waals surface area contributed by atoms with Crippen molar-refractivity contribution in [2.75, 3.05) is 13.1 Å². The summed E-state index contributed by atoms with van der Waals surface area (Å²) in [5, 5.41) is 9.17. The van der Waals surface area contributed by atoms with E-state index in [0.717, 1.165) is 24.2 Å². The van der Waals surface area contributed by atoms with Gasteiger partial charge in [0.1, 0.15) is 5.75 Å². The first-order chi connectivity index (χ1) is 14.2. The molecule has 1 amide bonds. The second kappa shape index (κ2) is 12.4. The Labute approximate surface area is 172 Å². The molecule has 1 aromatic rings. The average molecular weight is 429 g/mol. The molecule has 1 unspecified atom stereocenters. The summed E-state index contributed by atoms with van der Waals surface area (Å²) in [5.41, 5.74) is 11.3. The van der Waals surface area contributed by atoms with Crippen LogP contribution < -0.4 is 16.2 Å². The molecule has 1 aliphatic rings. The van der Waals surface area contributed by atoms with E-state index in [4.69, 9.17) is 15.6 Å². The van der Waals surface area contributed by atoms with E-state index < -0.39 is 18.2 Å². The zero-order valence-electron chi connectivity index (χ0n) is 16.3. The number of piperidine rings is 1. The first kappa shape index (κ1) is 24.9.